The second kappa shape index (κ2) is 6.08. The second-order valence-electron chi connectivity index (χ2n) is 4.03. The third-order valence-corrected chi connectivity index (χ3v) is 4.18. The molecule has 1 aromatic heterocycles. The summed E-state index contributed by atoms with van der Waals surface area (Å²) in [6.07, 6.45) is 0.992. The number of benzene rings is 1. The van der Waals surface area contributed by atoms with E-state index >= 15 is 0 Å². The molecule has 0 fully saturated rings. The summed E-state index contributed by atoms with van der Waals surface area (Å²) < 4.78 is 5.24. The van der Waals surface area contributed by atoms with Gasteiger partial charge in [-0.1, -0.05) is 18.5 Å². The molecule has 0 saturated carbocycles. The Hall–Kier alpha value is -1.52. The van der Waals surface area contributed by atoms with E-state index in [0.717, 1.165) is 11.3 Å². The van der Waals surface area contributed by atoms with Gasteiger partial charge in [-0.2, -0.15) is 0 Å². The average Bonchev–Trinajstić information content (AvgIpc) is 2.87. The summed E-state index contributed by atoms with van der Waals surface area (Å²) in [7, 11) is 0. The van der Waals surface area contributed by atoms with Crippen molar-refractivity contribution >= 4 is 34.6 Å². The predicted octanol–water partition coefficient (Wildman–Crippen LogP) is 3.90. The van der Waals surface area contributed by atoms with E-state index in [4.69, 9.17) is 22.1 Å². The van der Waals surface area contributed by atoms with Gasteiger partial charge in [0, 0.05) is 9.75 Å². The predicted molar refractivity (Wildman–Crippen MR) is 78.7 cm³/mol. The highest BCUT2D eigenvalue weighted by molar-refractivity contribution is 7.11. The number of hydrogen-bond acceptors (Lipinski definition) is 4. The number of carbonyl (C=O) groups excluding carboxylic acids is 1. The third-order valence-electron chi connectivity index (χ3n) is 2.65. The number of nitrogen functional groups attached to an aromatic ring is 1. The van der Waals surface area contributed by atoms with Gasteiger partial charge >= 0.3 is 5.97 Å². The number of thiophene rings is 1. The van der Waals surface area contributed by atoms with Crippen LogP contribution in [0, 0.1) is 0 Å². The molecule has 1 aromatic carbocycles. The number of rotatable bonds is 4. The van der Waals surface area contributed by atoms with E-state index in [2.05, 4.69) is 6.92 Å². The van der Waals surface area contributed by atoms with E-state index < -0.39 is 5.97 Å². The first-order valence-corrected chi connectivity index (χ1v) is 7.09. The summed E-state index contributed by atoms with van der Waals surface area (Å²) in [6.45, 7) is 2.38. The molecule has 0 bridgehead atoms. The summed E-state index contributed by atoms with van der Waals surface area (Å²) >= 11 is 7.52. The van der Waals surface area contributed by atoms with Gasteiger partial charge in [0.15, 0.2) is 0 Å². The first-order valence-electron chi connectivity index (χ1n) is 5.90. The van der Waals surface area contributed by atoms with Gasteiger partial charge in [-0.05, 0) is 36.8 Å². The van der Waals surface area contributed by atoms with Crippen LogP contribution < -0.4 is 5.73 Å². The van der Waals surface area contributed by atoms with Gasteiger partial charge in [-0.3, -0.25) is 0 Å². The highest BCUT2D eigenvalue weighted by Crippen LogP contribution is 2.21. The Bertz CT molecular complexity index is 595. The van der Waals surface area contributed by atoms with Crippen molar-refractivity contribution in [2.45, 2.75) is 20.0 Å². The molecule has 0 unspecified atom stereocenters. The molecule has 0 spiro atoms. The maximum atomic E-state index is 11.8. The molecular formula is C14H14ClNO2S. The SMILES string of the molecule is CCc1ccc(COC(=O)c2ccc(N)c(Cl)c2)s1. The maximum Gasteiger partial charge on any atom is 0.338 e. The molecule has 2 rings (SSSR count). The summed E-state index contributed by atoms with van der Waals surface area (Å²) in [5.41, 5.74) is 6.45. The van der Waals surface area contributed by atoms with Crippen LogP contribution in [-0.2, 0) is 17.8 Å². The number of halogens is 1. The molecule has 0 saturated heterocycles. The second-order valence-corrected chi connectivity index (χ2v) is 5.69. The molecular weight excluding hydrogens is 282 g/mol. The Morgan fingerprint density at radius 2 is 2.05 bits per heavy atom. The lowest BCUT2D eigenvalue weighted by molar-refractivity contribution is 0.0477. The highest BCUT2D eigenvalue weighted by Gasteiger charge is 2.10. The van der Waals surface area contributed by atoms with Crippen LogP contribution in [0.2, 0.25) is 5.02 Å². The molecule has 0 radical (unpaired) electrons. The fraction of sp³-hybridized carbons (Fsp3) is 0.214. The van der Waals surface area contributed by atoms with E-state index in [-0.39, 0.29) is 6.61 Å². The van der Waals surface area contributed by atoms with Crippen molar-refractivity contribution < 1.29 is 9.53 Å². The first-order chi connectivity index (χ1) is 9.10. The zero-order chi connectivity index (χ0) is 13.8. The third kappa shape index (κ3) is 3.49. The standard InChI is InChI=1S/C14H14ClNO2S/c1-2-10-4-5-11(19-10)8-18-14(17)9-3-6-13(16)12(15)7-9/h3-7H,2,8,16H2,1H3. The van der Waals surface area contributed by atoms with E-state index in [1.165, 1.54) is 10.9 Å². The minimum atomic E-state index is -0.395. The molecule has 0 aliphatic heterocycles. The number of esters is 1. The van der Waals surface area contributed by atoms with Gasteiger partial charge < -0.3 is 10.5 Å². The van der Waals surface area contributed by atoms with Gasteiger partial charge in [-0.25, -0.2) is 4.79 Å². The molecule has 0 aliphatic rings. The Kier molecular flexibility index (Phi) is 4.45. The van der Waals surface area contributed by atoms with Crippen LogP contribution in [0.3, 0.4) is 0 Å². The first kappa shape index (κ1) is 13.9. The average molecular weight is 296 g/mol. The molecule has 1 heterocycles. The van der Waals surface area contributed by atoms with E-state index in [1.807, 2.05) is 12.1 Å². The number of carbonyl (C=O) groups is 1. The topological polar surface area (TPSA) is 52.3 Å². The number of ether oxygens (including phenoxy) is 1. The molecule has 0 amide bonds. The lowest BCUT2D eigenvalue weighted by Gasteiger charge is -2.04. The minimum absolute atomic E-state index is 0.283. The fourth-order valence-electron chi connectivity index (χ4n) is 1.56. The van der Waals surface area contributed by atoms with Crippen LogP contribution in [-0.4, -0.2) is 5.97 Å². The van der Waals surface area contributed by atoms with Crippen LogP contribution >= 0.6 is 22.9 Å². The Morgan fingerprint density at radius 3 is 2.68 bits per heavy atom. The van der Waals surface area contributed by atoms with Crippen molar-refractivity contribution in [3.63, 3.8) is 0 Å². The molecule has 19 heavy (non-hydrogen) atoms. The van der Waals surface area contributed by atoms with Crippen LogP contribution in [0.1, 0.15) is 27.0 Å². The largest absolute Gasteiger partial charge is 0.456 e. The van der Waals surface area contributed by atoms with Gasteiger partial charge in [0.25, 0.3) is 0 Å². The van der Waals surface area contributed by atoms with Crippen molar-refractivity contribution in [3.8, 4) is 0 Å². The number of aryl methyl sites for hydroxylation is 1. The van der Waals surface area contributed by atoms with Crippen molar-refractivity contribution in [2.75, 3.05) is 5.73 Å². The quantitative estimate of drug-likeness (QED) is 0.687. The van der Waals surface area contributed by atoms with Crippen molar-refractivity contribution in [2.24, 2.45) is 0 Å². The summed E-state index contributed by atoms with van der Waals surface area (Å²) in [4.78, 5) is 14.2. The number of anilines is 1. The Labute approximate surface area is 121 Å². The summed E-state index contributed by atoms with van der Waals surface area (Å²) in [6, 6.07) is 8.75. The zero-order valence-corrected chi connectivity index (χ0v) is 12.1. The smallest absolute Gasteiger partial charge is 0.338 e. The van der Waals surface area contributed by atoms with Gasteiger partial charge in [0.2, 0.25) is 0 Å². The van der Waals surface area contributed by atoms with E-state index in [9.17, 15) is 4.79 Å². The van der Waals surface area contributed by atoms with Gasteiger partial charge in [0.1, 0.15) is 6.61 Å². The van der Waals surface area contributed by atoms with Crippen LogP contribution in [0.25, 0.3) is 0 Å². The molecule has 2 N–H and O–H groups in total. The lowest BCUT2D eigenvalue weighted by Crippen LogP contribution is -2.05. The fourth-order valence-corrected chi connectivity index (χ4v) is 2.62. The molecule has 2 aromatic rings. The zero-order valence-electron chi connectivity index (χ0n) is 10.5. The van der Waals surface area contributed by atoms with E-state index in [1.54, 1.807) is 23.5 Å². The minimum Gasteiger partial charge on any atom is -0.456 e. The van der Waals surface area contributed by atoms with Crippen LogP contribution in [0.15, 0.2) is 30.3 Å². The van der Waals surface area contributed by atoms with Gasteiger partial charge in [0.05, 0.1) is 16.3 Å². The number of hydrogen-bond donors (Lipinski definition) is 1. The normalized spacial score (nSPS) is 10.4. The molecule has 100 valence electrons. The highest BCUT2D eigenvalue weighted by atomic mass is 35.5. The molecule has 0 atom stereocenters. The molecule has 0 aliphatic carbocycles. The Balaban J connectivity index is 1.99. The van der Waals surface area contributed by atoms with Gasteiger partial charge in [-0.15, -0.1) is 11.3 Å². The molecule has 5 heteroatoms. The monoisotopic (exact) mass is 295 g/mol. The number of nitrogens with two attached hydrogens (primary N) is 1. The Morgan fingerprint density at radius 1 is 1.32 bits per heavy atom. The lowest BCUT2D eigenvalue weighted by atomic mass is 10.2. The van der Waals surface area contributed by atoms with Crippen molar-refractivity contribution in [1.29, 1.82) is 0 Å². The van der Waals surface area contributed by atoms with Crippen molar-refractivity contribution in [1.82, 2.24) is 0 Å². The van der Waals surface area contributed by atoms with E-state index in [0.29, 0.717) is 16.3 Å². The maximum absolute atomic E-state index is 11.8. The molecule has 3 nitrogen and oxygen atoms in total. The van der Waals surface area contributed by atoms with Crippen LogP contribution in [0.5, 0.6) is 0 Å². The summed E-state index contributed by atoms with van der Waals surface area (Å²) in [5, 5.41) is 0.360. The van der Waals surface area contributed by atoms with Crippen LogP contribution in [0.4, 0.5) is 5.69 Å². The van der Waals surface area contributed by atoms with Crippen molar-refractivity contribution in [3.05, 3.63) is 50.7 Å². The summed E-state index contributed by atoms with van der Waals surface area (Å²) in [5.74, 6) is -0.395.